The highest BCUT2D eigenvalue weighted by atomic mass is 32.2. The van der Waals surface area contributed by atoms with Gasteiger partial charge in [-0.2, -0.15) is 0 Å². The van der Waals surface area contributed by atoms with Gasteiger partial charge in [0.25, 0.3) is 11.5 Å². The number of aromatic amines is 1. The third-order valence-corrected chi connectivity index (χ3v) is 6.22. The van der Waals surface area contributed by atoms with Crippen molar-refractivity contribution in [2.75, 3.05) is 6.54 Å². The van der Waals surface area contributed by atoms with Crippen LogP contribution >= 0.6 is 23.1 Å². The summed E-state index contributed by atoms with van der Waals surface area (Å²) in [5.74, 6) is -0.0539. The van der Waals surface area contributed by atoms with Crippen molar-refractivity contribution in [2.45, 2.75) is 31.8 Å². The number of urea groups is 1. The van der Waals surface area contributed by atoms with E-state index >= 15 is 0 Å². The summed E-state index contributed by atoms with van der Waals surface area (Å²) in [7, 11) is 0. The molecule has 0 saturated carbocycles. The number of fused-ring (bicyclic) bond motifs is 1. The van der Waals surface area contributed by atoms with E-state index in [2.05, 4.69) is 20.7 Å². The van der Waals surface area contributed by atoms with Crippen LogP contribution in [-0.2, 0) is 15.3 Å². The van der Waals surface area contributed by atoms with E-state index < -0.39 is 23.1 Å². The Hall–Kier alpha value is -2.40. The lowest BCUT2D eigenvalue weighted by atomic mass is 10.2. The second-order valence-corrected chi connectivity index (χ2v) is 8.38. The molecular formula is C15H17N5O4S2. The number of hydrazine groups is 1. The third kappa shape index (κ3) is 3.58. The van der Waals surface area contributed by atoms with Gasteiger partial charge in [-0.3, -0.25) is 25.1 Å². The van der Waals surface area contributed by atoms with Gasteiger partial charge in [0.1, 0.15) is 17.2 Å². The highest BCUT2D eigenvalue weighted by molar-refractivity contribution is 7.99. The van der Waals surface area contributed by atoms with Crippen LogP contribution in [0, 0.1) is 13.8 Å². The van der Waals surface area contributed by atoms with Crippen LogP contribution in [0.1, 0.15) is 23.2 Å². The number of carbonyl (C=O) groups excluding carboxylic acids is 3. The van der Waals surface area contributed by atoms with Crippen molar-refractivity contribution in [1.29, 1.82) is 0 Å². The van der Waals surface area contributed by atoms with Crippen LogP contribution < -0.4 is 16.3 Å². The van der Waals surface area contributed by atoms with Gasteiger partial charge in [0.15, 0.2) is 0 Å². The van der Waals surface area contributed by atoms with E-state index in [4.69, 9.17) is 0 Å². The SMILES string of the molecule is Cc1sc2nc(CSC(C)C(=O)NN3CC(=O)NC3=O)[nH]c(=O)c2c1C. The minimum Gasteiger partial charge on any atom is -0.309 e. The molecule has 0 aliphatic carbocycles. The molecule has 0 spiro atoms. The maximum atomic E-state index is 12.2. The van der Waals surface area contributed by atoms with Gasteiger partial charge in [-0.05, 0) is 26.3 Å². The minimum atomic E-state index is -0.652. The maximum absolute atomic E-state index is 12.2. The smallest absolute Gasteiger partial charge is 0.309 e. The quantitative estimate of drug-likeness (QED) is 0.644. The molecule has 1 unspecified atom stereocenters. The van der Waals surface area contributed by atoms with Crippen LogP contribution in [0.2, 0.25) is 0 Å². The first-order valence-electron chi connectivity index (χ1n) is 7.78. The molecule has 2 aromatic heterocycles. The van der Waals surface area contributed by atoms with Gasteiger partial charge in [0.05, 0.1) is 16.4 Å². The average Bonchev–Trinajstić information content (AvgIpc) is 3.03. The first-order valence-corrected chi connectivity index (χ1v) is 9.65. The van der Waals surface area contributed by atoms with Crippen LogP contribution in [0.3, 0.4) is 0 Å². The topological polar surface area (TPSA) is 124 Å². The number of rotatable bonds is 5. The minimum absolute atomic E-state index is 0.184. The average molecular weight is 395 g/mol. The van der Waals surface area contributed by atoms with Crippen molar-refractivity contribution in [3.05, 3.63) is 26.6 Å². The molecule has 0 bridgehead atoms. The monoisotopic (exact) mass is 395 g/mol. The molecule has 0 radical (unpaired) electrons. The second kappa shape index (κ2) is 7.08. The van der Waals surface area contributed by atoms with Crippen molar-refractivity contribution >= 4 is 51.2 Å². The Morgan fingerprint density at radius 3 is 2.77 bits per heavy atom. The van der Waals surface area contributed by atoms with Gasteiger partial charge in [-0.15, -0.1) is 23.1 Å². The lowest BCUT2D eigenvalue weighted by Gasteiger charge is -2.17. The van der Waals surface area contributed by atoms with Gasteiger partial charge in [-0.25, -0.2) is 14.8 Å². The normalized spacial score (nSPS) is 15.4. The highest BCUT2D eigenvalue weighted by Gasteiger charge is 2.29. The van der Waals surface area contributed by atoms with E-state index in [0.717, 1.165) is 15.4 Å². The molecule has 3 N–H and O–H groups in total. The number of aromatic nitrogens is 2. The number of hydrogen-bond donors (Lipinski definition) is 3. The summed E-state index contributed by atoms with van der Waals surface area (Å²) in [5, 5.41) is 3.11. The molecule has 3 heterocycles. The van der Waals surface area contributed by atoms with E-state index in [1.807, 2.05) is 13.8 Å². The summed E-state index contributed by atoms with van der Waals surface area (Å²) in [6.45, 7) is 5.31. The number of hydrogen-bond acceptors (Lipinski definition) is 7. The van der Waals surface area contributed by atoms with Gasteiger partial charge in [0.2, 0.25) is 5.91 Å². The van der Waals surface area contributed by atoms with Crippen LogP contribution in [0.25, 0.3) is 10.2 Å². The predicted octanol–water partition coefficient (Wildman–Crippen LogP) is 0.806. The maximum Gasteiger partial charge on any atom is 0.343 e. The summed E-state index contributed by atoms with van der Waals surface area (Å²) in [6.07, 6.45) is 0. The Kier molecular flexibility index (Phi) is 5.01. The molecule has 2 aromatic rings. The van der Waals surface area contributed by atoms with E-state index in [1.54, 1.807) is 6.92 Å². The van der Waals surface area contributed by atoms with Crippen LogP contribution in [-0.4, -0.2) is 44.6 Å². The van der Waals surface area contributed by atoms with Crippen molar-refractivity contribution in [2.24, 2.45) is 0 Å². The molecule has 1 fully saturated rings. The molecule has 1 aliphatic rings. The summed E-state index contributed by atoms with van der Waals surface area (Å²) < 4.78 is 0. The summed E-state index contributed by atoms with van der Waals surface area (Å²) in [5.41, 5.74) is 3.15. The Morgan fingerprint density at radius 1 is 1.38 bits per heavy atom. The molecule has 1 aliphatic heterocycles. The standard InChI is InChI=1S/C15H17N5O4S2/c1-6-7(2)26-14-11(6)13(23)16-9(17-14)5-25-8(3)12(22)19-20-4-10(21)18-15(20)24/h8H,4-5H2,1-3H3,(H,19,22)(H,16,17,23)(H,18,21,24). The number of thiophene rings is 1. The van der Waals surface area contributed by atoms with Gasteiger partial charge >= 0.3 is 6.03 Å². The first-order chi connectivity index (χ1) is 12.3. The zero-order valence-electron chi connectivity index (χ0n) is 14.3. The number of imide groups is 1. The van der Waals surface area contributed by atoms with E-state index in [1.165, 1.54) is 23.1 Å². The fourth-order valence-corrected chi connectivity index (χ4v) is 4.20. The number of nitrogens with one attached hydrogen (secondary N) is 3. The van der Waals surface area contributed by atoms with E-state index in [0.29, 0.717) is 21.8 Å². The first kappa shape index (κ1) is 18.4. The van der Waals surface area contributed by atoms with Gasteiger partial charge < -0.3 is 4.98 Å². The number of carbonyl (C=O) groups is 3. The number of amides is 4. The Balaban J connectivity index is 1.64. The molecule has 3 rings (SSSR count). The molecule has 138 valence electrons. The molecule has 11 heteroatoms. The van der Waals surface area contributed by atoms with Gasteiger partial charge in [0, 0.05) is 4.88 Å². The Labute approximate surface area is 156 Å². The summed E-state index contributed by atoms with van der Waals surface area (Å²) in [4.78, 5) is 55.9. The Bertz CT molecular complexity index is 967. The lowest BCUT2D eigenvalue weighted by molar-refractivity contribution is -0.124. The number of aryl methyl sites for hydroxylation is 2. The number of thioether (sulfide) groups is 1. The molecule has 9 nitrogen and oxygen atoms in total. The van der Waals surface area contributed by atoms with Crippen molar-refractivity contribution < 1.29 is 14.4 Å². The summed E-state index contributed by atoms with van der Waals surface area (Å²) in [6, 6.07) is -0.652. The predicted molar refractivity (Wildman–Crippen MR) is 98.9 cm³/mol. The second-order valence-electron chi connectivity index (χ2n) is 5.84. The highest BCUT2D eigenvalue weighted by Crippen LogP contribution is 2.26. The summed E-state index contributed by atoms with van der Waals surface area (Å²) >= 11 is 2.73. The zero-order chi connectivity index (χ0) is 19.0. The molecule has 0 aromatic carbocycles. The fraction of sp³-hybridized carbons (Fsp3) is 0.400. The molecule has 4 amide bonds. The fourth-order valence-electron chi connectivity index (χ4n) is 2.40. The third-order valence-electron chi connectivity index (χ3n) is 3.97. The molecule has 26 heavy (non-hydrogen) atoms. The largest absolute Gasteiger partial charge is 0.343 e. The van der Waals surface area contributed by atoms with Crippen LogP contribution in [0.15, 0.2) is 4.79 Å². The molecule has 1 saturated heterocycles. The molecular weight excluding hydrogens is 378 g/mol. The van der Waals surface area contributed by atoms with Crippen LogP contribution in [0.4, 0.5) is 4.79 Å². The van der Waals surface area contributed by atoms with Crippen molar-refractivity contribution in [3.8, 4) is 0 Å². The number of nitrogens with zero attached hydrogens (tertiary/aromatic N) is 2. The van der Waals surface area contributed by atoms with Crippen LogP contribution in [0.5, 0.6) is 0 Å². The molecule has 1 atom stereocenters. The van der Waals surface area contributed by atoms with E-state index in [-0.39, 0.29) is 12.1 Å². The Morgan fingerprint density at radius 2 is 2.12 bits per heavy atom. The van der Waals surface area contributed by atoms with Crippen molar-refractivity contribution in [1.82, 2.24) is 25.7 Å². The lowest BCUT2D eigenvalue weighted by Crippen LogP contribution is -2.47. The van der Waals surface area contributed by atoms with Gasteiger partial charge in [-0.1, -0.05) is 0 Å². The zero-order valence-corrected chi connectivity index (χ0v) is 16.0. The number of H-pyrrole nitrogens is 1. The van der Waals surface area contributed by atoms with E-state index in [9.17, 15) is 19.2 Å². The van der Waals surface area contributed by atoms with Crippen molar-refractivity contribution in [3.63, 3.8) is 0 Å².